The lowest BCUT2D eigenvalue weighted by Gasteiger charge is -2.36. The van der Waals surface area contributed by atoms with Crippen LogP contribution in [-0.2, 0) is 10.3 Å². The largest absolute Gasteiger partial charge is 0.497 e. The summed E-state index contributed by atoms with van der Waals surface area (Å²) < 4.78 is 12.1. The van der Waals surface area contributed by atoms with Gasteiger partial charge in [-0.3, -0.25) is 0 Å². The molecule has 4 rings (SSSR count). The monoisotopic (exact) mass is 414 g/mol. The number of carbonyl (C=O) groups is 1. The number of hydrogen-bond acceptors (Lipinski definition) is 6. The third kappa shape index (κ3) is 3.54. The Morgan fingerprint density at radius 1 is 0.871 bits per heavy atom. The van der Waals surface area contributed by atoms with Crippen LogP contribution in [-0.4, -0.2) is 39.9 Å². The first kappa shape index (κ1) is 20.3. The summed E-state index contributed by atoms with van der Waals surface area (Å²) in [4.78, 5) is 12.8. The minimum absolute atomic E-state index is 0.0189. The maximum atomic E-state index is 12.8. The highest BCUT2D eigenvalue weighted by Gasteiger charge is 2.43. The molecule has 7 heteroatoms. The van der Waals surface area contributed by atoms with Gasteiger partial charge in [0.25, 0.3) is 5.82 Å². The number of nitrogens with zero attached hydrogens (tertiary/aromatic N) is 4. The van der Waals surface area contributed by atoms with E-state index in [1.807, 2.05) is 84.9 Å². The second kappa shape index (κ2) is 8.79. The third-order valence-electron chi connectivity index (χ3n) is 5.14. The van der Waals surface area contributed by atoms with E-state index in [1.54, 1.807) is 14.0 Å². The number of methoxy groups -OCH3 is 1. The predicted molar refractivity (Wildman–Crippen MR) is 115 cm³/mol. The maximum Gasteiger partial charge on any atom is 0.378 e. The molecule has 0 atom stereocenters. The average molecular weight is 414 g/mol. The summed E-state index contributed by atoms with van der Waals surface area (Å²) in [7, 11) is 1.62. The van der Waals surface area contributed by atoms with Gasteiger partial charge in [-0.2, -0.15) is 4.68 Å². The molecule has 0 fully saturated rings. The van der Waals surface area contributed by atoms with Crippen LogP contribution in [0.4, 0.5) is 0 Å². The van der Waals surface area contributed by atoms with Gasteiger partial charge >= 0.3 is 5.97 Å². The van der Waals surface area contributed by atoms with E-state index in [4.69, 9.17) is 9.47 Å². The molecule has 0 aliphatic rings. The Balaban J connectivity index is 2.09. The van der Waals surface area contributed by atoms with E-state index in [0.29, 0.717) is 0 Å². The molecule has 0 saturated carbocycles. The van der Waals surface area contributed by atoms with Gasteiger partial charge in [0.2, 0.25) is 0 Å². The molecule has 31 heavy (non-hydrogen) atoms. The zero-order chi connectivity index (χ0) is 21.7. The molecule has 0 N–H and O–H groups in total. The third-order valence-corrected chi connectivity index (χ3v) is 5.14. The molecule has 0 radical (unpaired) electrons. The SMILES string of the molecule is CCOC(=O)c1nnnn1C(c1ccccc1)(c1ccccc1)c1ccc(OC)cc1. The molecular weight excluding hydrogens is 392 g/mol. The molecular formula is C24H22N4O3. The minimum Gasteiger partial charge on any atom is -0.497 e. The van der Waals surface area contributed by atoms with E-state index >= 15 is 0 Å². The fourth-order valence-electron chi connectivity index (χ4n) is 3.79. The van der Waals surface area contributed by atoms with E-state index < -0.39 is 11.5 Å². The van der Waals surface area contributed by atoms with Crippen LogP contribution in [0.2, 0.25) is 0 Å². The van der Waals surface area contributed by atoms with Crippen molar-refractivity contribution in [2.24, 2.45) is 0 Å². The number of aromatic nitrogens is 4. The van der Waals surface area contributed by atoms with E-state index in [1.165, 1.54) is 4.68 Å². The van der Waals surface area contributed by atoms with Crippen molar-refractivity contribution in [3.8, 4) is 5.75 Å². The molecule has 0 spiro atoms. The fraction of sp³-hybridized carbons (Fsp3) is 0.167. The van der Waals surface area contributed by atoms with Crippen molar-refractivity contribution in [2.75, 3.05) is 13.7 Å². The van der Waals surface area contributed by atoms with Gasteiger partial charge in [-0.1, -0.05) is 72.8 Å². The van der Waals surface area contributed by atoms with Gasteiger partial charge in [-0.15, -0.1) is 5.10 Å². The number of ether oxygens (including phenoxy) is 2. The van der Waals surface area contributed by atoms with Crippen molar-refractivity contribution in [3.63, 3.8) is 0 Å². The van der Waals surface area contributed by atoms with Gasteiger partial charge in [0.1, 0.15) is 11.3 Å². The summed E-state index contributed by atoms with van der Waals surface area (Å²) in [6.07, 6.45) is 0. The fourth-order valence-corrected chi connectivity index (χ4v) is 3.79. The highest BCUT2D eigenvalue weighted by Crippen LogP contribution is 2.41. The lowest BCUT2D eigenvalue weighted by molar-refractivity contribution is 0.0500. The molecule has 0 aliphatic carbocycles. The summed E-state index contributed by atoms with van der Waals surface area (Å²) >= 11 is 0. The Morgan fingerprint density at radius 3 is 1.94 bits per heavy atom. The van der Waals surface area contributed by atoms with E-state index in [-0.39, 0.29) is 12.4 Å². The Bertz CT molecular complexity index is 1100. The minimum atomic E-state index is -1.01. The summed E-state index contributed by atoms with van der Waals surface area (Å²) in [6.45, 7) is 1.97. The molecule has 0 bridgehead atoms. The molecule has 4 aromatic rings. The van der Waals surface area contributed by atoms with Crippen LogP contribution in [0.25, 0.3) is 0 Å². The van der Waals surface area contributed by atoms with Gasteiger partial charge in [-0.25, -0.2) is 4.79 Å². The molecule has 0 aliphatic heterocycles. The Kier molecular flexibility index (Phi) is 5.75. The molecule has 7 nitrogen and oxygen atoms in total. The topological polar surface area (TPSA) is 79.1 Å². The van der Waals surface area contributed by atoms with Gasteiger partial charge < -0.3 is 9.47 Å². The Hall–Kier alpha value is -4.00. The molecule has 156 valence electrons. The first-order valence-corrected chi connectivity index (χ1v) is 9.93. The summed E-state index contributed by atoms with van der Waals surface area (Å²) in [5.41, 5.74) is 1.64. The van der Waals surface area contributed by atoms with Crippen LogP contribution in [0.5, 0.6) is 5.75 Å². The summed E-state index contributed by atoms with van der Waals surface area (Å²) in [5, 5.41) is 12.1. The Labute approximate surface area is 180 Å². The van der Waals surface area contributed by atoms with Gasteiger partial charge in [0, 0.05) is 0 Å². The normalized spacial score (nSPS) is 11.2. The molecule has 3 aromatic carbocycles. The number of benzene rings is 3. The highest BCUT2D eigenvalue weighted by molar-refractivity contribution is 5.85. The van der Waals surface area contributed by atoms with Crippen molar-refractivity contribution >= 4 is 5.97 Å². The second-order valence-electron chi connectivity index (χ2n) is 6.81. The van der Waals surface area contributed by atoms with Crippen LogP contribution in [0.3, 0.4) is 0 Å². The van der Waals surface area contributed by atoms with E-state index in [0.717, 1.165) is 22.4 Å². The number of carbonyl (C=O) groups excluding carboxylic acids is 1. The van der Waals surface area contributed by atoms with Crippen LogP contribution in [0.1, 0.15) is 34.2 Å². The molecule has 0 saturated heterocycles. The molecule has 0 unspecified atom stereocenters. The van der Waals surface area contributed by atoms with Crippen molar-refractivity contribution in [1.82, 2.24) is 20.2 Å². The summed E-state index contributed by atoms with van der Waals surface area (Å²) in [6, 6.07) is 27.3. The number of esters is 1. The predicted octanol–water partition coefficient (Wildman–Crippen LogP) is 3.70. The van der Waals surface area contributed by atoms with Crippen LogP contribution in [0, 0.1) is 0 Å². The number of tetrazole rings is 1. The first-order chi connectivity index (χ1) is 15.2. The zero-order valence-corrected chi connectivity index (χ0v) is 17.3. The number of rotatable bonds is 7. The van der Waals surface area contributed by atoms with E-state index in [9.17, 15) is 4.79 Å². The van der Waals surface area contributed by atoms with Gasteiger partial charge in [0.05, 0.1) is 13.7 Å². The van der Waals surface area contributed by atoms with E-state index in [2.05, 4.69) is 15.5 Å². The Morgan fingerprint density at radius 2 is 1.42 bits per heavy atom. The molecule has 1 aromatic heterocycles. The van der Waals surface area contributed by atoms with Crippen molar-refractivity contribution in [1.29, 1.82) is 0 Å². The lowest BCUT2D eigenvalue weighted by atomic mass is 9.77. The summed E-state index contributed by atoms with van der Waals surface area (Å²) in [5.74, 6) is 0.156. The quantitative estimate of drug-likeness (QED) is 0.339. The average Bonchev–Trinajstić information content (AvgIpc) is 3.32. The maximum absolute atomic E-state index is 12.8. The van der Waals surface area contributed by atoms with Gasteiger partial charge in [0.15, 0.2) is 0 Å². The van der Waals surface area contributed by atoms with Crippen LogP contribution >= 0.6 is 0 Å². The first-order valence-electron chi connectivity index (χ1n) is 9.93. The zero-order valence-electron chi connectivity index (χ0n) is 17.3. The second-order valence-corrected chi connectivity index (χ2v) is 6.81. The smallest absolute Gasteiger partial charge is 0.378 e. The standard InChI is InChI=1S/C24H22N4O3/c1-3-31-23(29)22-25-26-27-28(22)24(18-10-6-4-7-11-18,19-12-8-5-9-13-19)20-14-16-21(30-2)17-15-20/h4-17H,3H2,1-2H3. The van der Waals surface area contributed by atoms with Crippen molar-refractivity contribution in [2.45, 2.75) is 12.5 Å². The molecule has 0 amide bonds. The van der Waals surface area contributed by atoms with Crippen molar-refractivity contribution < 1.29 is 14.3 Å². The highest BCUT2D eigenvalue weighted by atomic mass is 16.5. The van der Waals surface area contributed by atoms with Crippen LogP contribution in [0.15, 0.2) is 84.9 Å². The molecule has 1 heterocycles. The van der Waals surface area contributed by atoms with Crippen molar-refractivity contribution in [3.05, 3.63) is 107 Å². The number of hydrogen-bond donors (Lipinski definition) is 0. The lowest BCUT2D eigenvalue weighted by Crippen LogP contribution is -2.41. The van der Waals surface area contributed by atoms with Crippen LogP contribution < -0.4 is 4.74 Å². The van der Waals surface area contributed by atoms with Gasteiger partial charge in [-0.05, 0) is 46.2 Å².